The zero-order valence-corrected chi connectivity index (χ0v) is 76.0. The lowest BCUT2D eigenvalue weighted by molar-refractivity contribution is -0.149. The molecule has 0 saturated heterocycles. The summed E-state index contributed by atoms with van der Waals surface area (Å²) in [6, 6.07) is 33.8. The van der Waals surface area contributed by atoms with Crippen LogP contribution in [0, 0.1) is 11.8 Å². The van der Waals surface area contributed by atoms with Crippen molar-refractivity contribution in [2.24, 2.45) is 11.8 Å². The van der Waals surface area contributed by atoms with Crippen molar-refractivity contribution in [2.75, 3.05) is 59.5 Å². The average Bonchev–Trinajstić information content (AvgIpc) is 0.805. The van der Waals surface area contributed by atoms with Gasteiger partial charge in [0.15, 0.2) is 0 Å². The molecule has 2 aliphatic carbocycles. The van der Waals surface area contributed by atoms with Crippen molar-refractivity contribution in [1.82, 2.24) is 0 Å². The summed E-state index contributed by atoms with van der Waals surface area (Å²) in [5.41, 5.74) is 4.66. The molecule has 0 radical (unpaired) electrons. The number of rotatable bonds is 71. The van der Waals surface area contributed by atoms with E-state index in [1.54, 1.807) is 67.6 Å². The van der Waals surface area contributed by atoms with Crippen molar-refractivity contribution in [1.29, 1.82) is 0 Å². The van der Waals surface area contributed by atoms with Crippen LogP contribution in [0.15, 0.2) is 121 Å². The standard InChI is InChI=1S/C105H150O20/c1-5-7-27-39-82-42-46-84(47-43-82)86-50-62-92(63-51-86)124-104(113)88-54-58-90(59-55-88)115-68-30-18-9-11-20-32-70-117-94(79-106)77-99(108)121-74-36-24-15-13-22-34-72-119-97-66-67-98(101(102(110)111)96(97)41-29-17-26-38-76-123-103(112)81(3)4)120-73-35-23-14-16-25-37-75-122-100(109)78-95(80-107)118-71-33-21-12-10-19-31-69-116-91-60-56-89(57-61-91)105(114)125-93-64-52-87(53-65-93)85-48-44-83(45-49-85)40-28-8-6-2/h50-67,79-80,82-85,94-95H,3,5-49,68-78H2,1-2,4H3,(H,110,111)/t82-,83-,84-,85-,94?,95?. The van der Waals surface area contributed by atoms with Crippen LogP contribution in [0.2, 0.25) is 0 Å². The Hall–Kier alpha value is -8.88. The quantitative estimate of drug-likeness (QED) is 0.00947. The van der Waals surface area contributed by atoms with Gasteiger partial charge in [0.05, 0.1) is 70.2 Å². The number of esters is 5. The van der Waals surface area contributed by atoms with Crippen LogP contribution in [0.3, 0.4) is 0 Å². The maximum atomic E-state index is 13.0. The summed E-state index contributed by atoms with van der Waals surface area (Å²) < 4.78 is 63.3. The lowest BCUT2D eigenvalue weighted by atomic mass is 9.77. The van der Waals surface area contributed by atoms with Crippen LogP contribution in [0.5, 0.6) is 34.5 Å². The SMILES string of the molecule is C=C(C)C(=O)OCCCCCCc1c(OCCCCCCCCOC(=O)CC(C=O)OCCCCCCCCOc2ccc(C(=O)Oc3ccc([C@H]4CC[C@H](CCCCC)CC4)cc3)cc2)ccc(OCCCCCCCCOC(=O)CC(C=O)OCCCCCCCCOc2ccc(C(=O)Oc3ccc([C@H]4CC[C@H](CCCCC)CC4)cc3)cc2)c1C(=O)O. The fraction of sp³-hybridized carbons (Fsp3) is 0.619. The maximum absolute atomic E-state index is 13.0. The molecular formula is C105H150O20. The van der Waals surface area contributed by atoms with E-state index in [-0.39, 0.29) is 38.2 Å². The summed E-state index contributed by atoms with van der Waals surface area (Å²) in [6.07, 6.45) is 45.1. The van der Waals surface area contributed by atoms with Crippen LogP contribution < -0.4 is 28.4 Å². The Labute approximate surface area is 747 Å². The molecule has 0 heterocycles. The van der Waals surface area contributed by atoms with Crippen LogP contribution in [0.4, 0.5) is 0 Å². The highest BCUT2D eigenvalue weighted by molar-refractivity contribution is 5.94. The molecule has 1 N–H and O–H groups in total. The van der Waals surface area contributed by atoms with E-state index in [1.165, 1.54) is 114 Å². The molecule has 2 atom stereocenters. The van der Waals surface area contributed by atoms with Gasteiger partial charge in [-0.1, -0.05) is 212 Å². The Kier molecular flexibility index (Phi) is 52.8. The Balaban J connectivity index is 0.655. The van der Waals surface area contributed by atoms with Gasteiger partial charge in [-0.2, -0.15) is 0 Å². The molecule has 20 heteroatoms. The number of hydrogen-bond donors (Lipinski definition) is 1. The lowest BCUT2D eigenvalue weighted by Gasteiger charge is -2.29. The van der Waals surface area contributed by atoms with Crippen molar-refractivity contribution in [3.05, 3.63) is 155 Å². The van der Waals surface area contributed by atoms with E-state index in [9.17, 15) is 43.5 Å². The van der Waals surface area contributed by atoms with Crippen LogP contribution in [0.25, 0.3) is 0 Å². The molecule has 690 valence electrons. The van der Waals surface area contributed by atoms with Gasteiger partial charge < -0.3 is 66.8 Å². The lowest BCUT2D eigenvalue weighted by Crippen LogP contribution is -2.21. The Morgan fingerprint density at radius 3 is 1.06 bits per heavy atom. The topological polar surface area (TPSA) is 258 Å². The highest BCUT2D eigenvalue weighted by Gasteiger charge is 2.27. The summed E-state index contributed by atoms with van der Waals surface area (Å²) in [4.78, 5) is 99.4. The number of aromatic carboxylic acids is 1. The minimum Gasteiger partial charge on any atom is -0.494 e. The van der Waals surface area contributed by atoms with Gasteiger partial charge in [-0.25, -0.2) is 19.2 Å². The molecule has 5 aromatic carbocycles. The molecular weight excluding hydrogens is 1580 g/mol. The second-order valence-electron chi connectivity index (χ2n) is 34.5. The molecule has 2 unspecified atom stereocenters. The van der Waals surface area contributed by atoms with Crippen molar-refractivity contribution in [3.63, 3.8) is 0 Å². The highest BCUT2D eigenvalue weighted by Crippen LogP contribution is 2.41. The van der Waals surface area contributed by atoms with E-state index in [2.05, 4.69) is 44.7 Å². The third-order valence-electron chi connectivity index (χ3n) is 24.2. The largest absolute Gasteiger partial charge is 0.494 e. The third-order valence-corrected chi connectivity index (χ3v) is 24.2. The summed E-state index contributed by atoms with van der Waals surface area (Å²) in [5.74, 6) is 3.05. The molecule has 2 saturated carbocycles. The number of carbonyl (C=O) groups is 8. The first kappa shape index (κ1) is 103. The van der Waals surface area contributed by atoms with Gasteiger partial charge in [-0.05, 0) is 249 Å². The summed E-state index contributed by atoms with van der Waals surface area (Å²) in [6.45, 7) is 13.3. The molecule has 7 rings (SSSR count). The first-order chi connectivity index (χ1) is 61.1. The number of ether oxygens (including phenoxy) is 11. The Morgan fingerprint density at radius 2 is 0.696 bits per heavy atom. The minimum absolute atomic E-state index is 0.103. The Morgan fingerprint density at radius 1 is 0.368 bits per heavy atom. The summed E-state index contributed by atoms with van der Waals surface area (Å²) in [7, 11) is 0. The van der Waals surface area contributed by atoms with E-state index in [1.807, 2.05) is 24.3 Å². The van der Waals surface area contributed by atoms with E-state index in [0.717, 1.165) is 166 Å². The first-order valence-corrected chi connectivity index (χ1v) is 48.2. The molecule has 5 aromatic rings. The van der Waals surface area contributed by atoms with Crippen LogP contribution in [0.1, 0.15) is 376 Å². The molecule has 2 fully saturated rings. The number of aldehydes is 2. The van der Waals surface area contributed by atoms with Crippen molar-refractivity contribution < 1.29 is 95.6 Å². The minimum atomic E-state index is -1.09. The second kappa shape index (κ2) is 63.9. The van der Waals surface area contributed by atoms with E-state index < -0.39 is 48.0 Å². The maximum Gasteiger partial charge on any atom is 0.343 e. The molecule has 0 aromatic heterocycles. The monoisotopic (exact) mass is 1730 g/mol. The number of benzene rings is 5. The molecule has 0 aliphatic heterocycles. The van der Waals surface area contributed by atoms with Gasteiger partial charge in [-0.3, -0.25) is 9.59 Å². The molecule has 0 bridgehead atoms. The molecule has 0 spiro atoms. The molecule has 2 aliphatic rings. The van der Waals surface area contributed by atoms with E-state index in [0.29, 0.717) is 153 Å². The van der Waals surface area contributed by atoms with Crippen molar-refractivity contribution in [2.45, 2.75) is 347 Å². The predicted molar refractivity (Wildman–Crippen MR) is 490 cm³/mol. The van der Waals surface area contributed by atoms with Crippen LogP contribution >= 0.6 is 0 Å². The highest BCUT2D eigenvalue weighted by atomic mass is 16.6. The van der Waals surface area contributed by atoms with Crippen molar-refractivity contribution >= 4 is 48.4 Å². The van der Waals surface area contributed by atoms with Gasteiger partial charge in [0.25, 0.3) is 0 Å². The zero-order chi connectivity index (χ0) is 89.0. The number of hydrogen-bond acceptors (Lipinski definition) is 19. The summed E-state index contributed by atoms with van der Waals surface area (Å²) in [5, 5.41) is 10.6. The first-order valence-electron chi connectivity index (χ1n) is 48.2. The van der Waals surface area contributed by atoms with Gasteiger partial charge in [0.1, 0.15) is 64.8 Å². The number of carbonyl (C=O) groups excluding carboxylic acids is 7. The van der Waals surface area contributed by atoms with E-state index in [4.69, 9.17) is 52.1 Å². The van der Waals surface area contributed by atoms with Crippen LogP contribution in [-0.4, -0.2) is 125 Å². The normalized spacial score (nSPS) is 15.5. The molecule has 20 nitrogen and oxygen atoms in total. The number of unbranched alkanes of at least 4 members (excludes halogenated alkanes) is 27. The smallest absolute Gasteiger partial charge is 0.343 e. The van der Waals surface area contributed by atoms with Gasteiger partial charge in [0, 0.05) is 24.4 Å². The molecule has 0 amide bonds. The fourth-order valence-corrected chi connectivity index (χ4v) is 16.6. The number of carboxylic acid groups (broad SMARTS) is 1. The van der Waals surface area contributed by atoms with E-state index >= 15 is 0 Å². The van der Waals surface area contributed by atoms with Gasteiger partial charge in [-0.15, -0.1) is 0 Å². The van der Waals surface area contributed by atoms with Gasteiger partial charge >= 0.3 is 35.8 Å². The van der Waals surface area contributed by atoms with Gasteiger partial charge in [0.2, 0.25) is 0 Å². The third kappa shape index (κ3) is 43.5. The van der Waals surface area contributed by atoms with Crippen molar-refractivity contribution in [3.8, 4) is 34.5 Å². The number of carboxylic acids is 1. The van der Waals surface area contributed by atoms with Crippen LogP contribution in [-0.2, 0) is 54.1 Å². The zero-order valence-electron chi connectivity index (χ0n) is 76.0. The second-order valence-corrected chi connectivity index (χ2v) is 34.5. The fourth-order valence-electron chi connectivity index (χ4n) is 16.6. The Bertz CT molecular complexity index is 3820. The average molecular weight is 1730 g/mol. The molecule has 125 heavy (non-hydrogen) atoms. The predicted octanol–water partition coefficient (Wildman–Crippen LogP) is 25.1. The summed E-state index contributed by atoms with van der Waals surface area (Å²) >= 11 is 0.